The third-order valence-electron chi connectivity index (χ3n) is 0.388. The summed E-state index contributed by atoms with van der Waals surface area (Å²) in [6, 6.07) is 0. The van der Waals surface area contributed by atoms with Gasteiger partial charge in [0, 0.05) is 7.43 Å². The molecule has 0 fully saturated rings. The van der Waals surface area contributed by atoms with E-state index in [4.69, 9.17) is 6.92 Å². The van der Waals surface area contributed by atoms with Crippen molar-refractivity contribution in [3.8, 4) is 0 Å². The van der Waals surface area contributed by atoms with E-state index in [0.717, 1.165) is 0 Å². The number of Topliss-reactive ketones (excluding diaryl/α,β-unsaturated/α-hetero) is 1. The minimum atomic E-state index is -0.685. The molecule has 0 aromatic rings. The van der Waals surface area contributed by atoms with Gasteiger partial charge in [0.25, 0.3) is 0 Å². The minimum Gasteiger partial charge on any atom is -0.294 e. The molecule has 0 aliphatic carbocycles. The highest BCUT2D eigenvalue weighted by atomic mass is 16.1. The van der Waals surface area contributed by atoms with Gasteiger partial charge in [-0.2, -0.15) is 0 Å². The molecular weight excluding hydrogens is 88.1 g/mol. The van der Waals surface area contributed by atoms with E-state index in [1.165, 1.54) is 6.92 Å². The Labute approximate surface area is 45.0 Å². The van der Waals surface area contributed by atoms with E-state index in [2.05, 4.69) is 6.58 Å². The zero-order valence-corrected chi connectivity index (χ0v) is 4.12. The molecule has 0 atom stereocenters. The van der Waals surface area contributed by atoms with Crippen LogP contribution in [-0.4, -0.2) is 5.78 Å². The average molecular weight is 93.1 g/mol. The van der Waals surface area contributed by atoms with Crippen LogP contribution in [0.2, 0.25) is 0 Å². The number of allylic oxidation sites excluding steroid dienone is 1. The van der Waals surface area contributed by atoms with Gasteiger partial charge in [0.2, 0.25) is 0 Å². The van der Waals surface area contributed by atoms with Crippen molar-refractivity contribution in [2.45, 2.75) is 6.92 Å². The van der Waals surface area contributed by atoms with Crippen molar-refractivity contribution in [3.63, 3.8) is 0 Å². The fourth-order valence-corrected chi connectivity index (χ4v) is 0. The number of hydrogen-bond donors (Lipinski definition) is 0. The Morgan fingerprint density at radius 1 is 1.71 bits per heavy atom. The lowest BCUT2D eigenvalue weighted by Gasteiger charge is -1.79. The van der Waals surface area contributed by atoms with Crippen LogP contribution in [0.25, 0.3) is 0 Å². The predicted octanol–water partition coefficient (Wildman–Crippen LogP) is 0.801. The van der Waals surface area contributed by atoms with Crippen LogP contribution in [0.3, 0.4) is 0 Å². The van der Waals surface area contributed by atoms with Crippen molar-refractivity contribution in [1.29, 1.82) is 0 Å². The third kappa shape index (κ3) is 5.41. The molecule has 35 valence electrons. The second-order valence-corrected chi connectivity index (χ2v) is 1.11. The maximum Gasteiger partial charge on any atom is 0.167 e. The van der Waals surface area contributed by atoms with E-state index < -0.39 is 5.78 Å². The summed E-state index contributed by atoms with van der Waals surface area (Å²) in [4.78, 5) is 9.71. The summed E-state index contributed by atoms with van der Waals surface area (Å²) in [7, 11) is 0. The smallest absolute Gasteiger partial charge is 0.167 e. The van der Waals surface area contributed by atoms with E-state index in [1.807, 2.05) is 0 Å². The van der Waals surface area contributed by atoms with Crippen LogP contribution < -0.4 is 0 Å². The van der Waals surface area contributed by atoms with Crippen LogP contribution in [0.15, 0.2) is 12.2 Å². The van der Waals surface area contributed by atoms with E-state index >= 15 is 0 Å². The molecule has 0 rings (SSSR count). The van der Waals surface area contributed by atoms with Crippen molar-refractivity contribution in [2.24, 2.45) is 0 Å². The quantitative estimate of drug-likeness (QED) is 0.438. The van der Waals surface area contributed by atoms with Gasteiger partial charge in [-0.05, 0) is 12.5 Å². The molecule has 0 amide bonds. The highest BCUT2D eigenvalue weighted by Crippen LogP contribution is 1.83. The van der Waals surface area contributed by atoms with Gasteiger partial charge in [-0.1, -0.05) is 6.58 Å². The second-order valence-electron chi connectivity index (χ2n) is 1.11. The average Bonchev–Trinajstić information content (AvgIpc) is 1.36. The minimum absolute atomic E-state index is 0. The number of ketones is 1. The first-order valence-corrected chi connectivity index (χ1v) is 1.56. The van der Waals surface area contributed by atoms with Gasteiger partial charge in [-0.15, -0.1) is 0 Å². The molecule has 0 bridgehead atoms. The molecule has 7 radical (unpaired) electrons. The zero-order chi connectivity index (χ0) is 5.15. The Hall–Kier alpha value is -0.590. The van der Waals surface area contributed by atoms with Gasteiger partial charge in [-0.3, -0.25) is 4.79 Å². The number of carbonyl (C=O) groups excluding carboxylic acids is 1. The molecule has 7 heavy (non-hydrogen) atoms. The Kier molecular flexibility index (Phi) is 4.95. The van der Waals surface area contributed by atoms with E-state index in [-0.39, 0.29) is 13.0 Å². The van der Waals surface area contributed by atoms with Crippen molar-refractivity contribution >= 4 is 5.78 Å². The lowest BCUT2D eigenvalue weighted by Crippen LogP contribution is -1.87. The molecule has 0 saturated carbocycles. The lowest BCUT2D eigenvalue weighted by atomic mass is 10.3. The topological polar surface area (TPSA) is 17.1 Å². The van der Waals surface area contributed by atoms with Gasteiger partial charge in [-0.25, -0.2) is 0 Å². The molecule has 0 saturated heterocycles. The maximum atomic E-state index is 9.71. The molecule has 0 unspecified atom stereocenters. The maximum absolute atomic E-state index is 9.71. The van der Waals surface area contributed by atoms with Crippen LogP contribution in [0.1, 0.15) is 6.92 Å². The Bertz CT molecular complexity index is 70.2. The van der Waals surface area contributed by atoms with E-state index in [0.29, 0.717) is 0 Å². The van der Waals surface area contributed by atoms with Crippen LogP contribution in [0.5, 0.6) is 0 Å². The zero-order valence-electron chi connectivity index (χ0n) is 4.12. The van der Waals surface area contributed by atoms with Gasteiger partial charge < -0.3 is 0 Å². The van der Waals surface area contributed by atoms with Crippen molar-refractivity contribution in [3.05, 3.63) is 26.5 Å². The lowest BCUT2D eigenvalue weighted by molar-refractivity contribution is -0.111. The largest absolute Gasteiger partial charge is 0.294 e. The number of carbonyl (C=O) groups is 1. The summed E-state index contributed by atoms with van der Waals surface area (Å²) >= 11 is 0. The van der Waals surface area contributed by atoms with Crippen LogP contribution in [0, 0.1) is 14.4 Å². The first kappa shape index (κ1) is 9.65. The molecule has 0 aromatic heterocycles. The summed E-state index contributed by atoms with van der Waals surface area (Å²) in [6.45, 7) is 11.0. The van der Waals surface area contributed by atoms with Crippen LogP contribution in [0.4, 0.5) is 0 Å². The summed E-state index contributed by atoms with van der Waals surface area (Å²) in [5.74, 6) is -0.685. The summed E-state index contributed by atoms with van der Waals surface area (Å²) < 4.78 is 0. The second kappa shape index (κ2) is 3.59. The Balaban J connectivity index is 0. The van der Waals surface area contributed by atoms with Crippen molar-refractivity contribution < 1.29 is 4.79 Å². The van der Waals surface area contributed by atoms with Gasteiger partial charge in [0.1, 0.15) is 0 Å². The molecule has 0 aliphatic heterocycles. The predicted molar refractivity (Wildman–Crippen MR) is 26.3 cm³/mol. The molecular formula is C6H5O. The summed E-state index contributed by atoms with van der Waals surface area (Å²) in [5, 5.41) is 0. The molecule has 1 nitrogen and oxygen atoms in total. The molecule has 0 spiro atoms. The third-order valence-corrected chi connectivity index (χ3v) is 0.388. The number of hydrogen-bond acceptors (Lipinski definition) is 1. The summed E-state index contributed by atoms with van der Waals surface area (Å²) in [6.07, 6.45) is 0. The van der Waals surface area contributed by atoms with Crippen LogP contribution >= 0.6 is 0 Å². The highest BCUT2D eigenvalue weighted by Gasteiger charge is 1.87. The molecule has 0 aromatic carbocycles. The van der Waals surface area contributed by atoms with E-state index in [1.54, 1.807) is 0 Å². The van der Waals surface area contributed by atoms with Gasteiger partial charge in [0.05, 0.1) is 6.92 Å². The normalized spacial score (nSPS) is 6.57. The Morgan fingerprint density at radius 3 is 1.86 bits per heavy atom. The fraction of sp³-hybridized carbons (Fsp3) is 0.167. The van der Waals surface area contributed by atoms with E-state index in [9.17, 15) is 4.79 Å². The number of rotatable bonds is 1. The SMILES string of the molecule is [C].[C]C(=O)C(=C)C. The van der Waals surface area contributed by atoms with Gasteiger partial charge in [0.15, 0.2) is 5.78 Å². The van der Waals surface area contributed by atoms with Crippen LogP contribution in [-0.2, 0) is 4.79 Å². The van der Waals surface area contributed by atoms with Crippen molar-refractivity contribution in [1.82, 2.24) is 0 Å². The molecule has 1 heteroatoms. The molecule has 0 N–H and O–H groups in total. The fourth-order valence-electron chi connectivity index (χ4n) is 0. The highest BCUT2D eigenvalue weighted by molar-refractivity contribution is 5.97. The standard InChI is InChI=1S/C5H5O.C/c1-4(2)5(3)6;/h1H2,2H3;. The first-order valence-electron chi connectivity index (χ1n) is 1.56. The first-order chi connectivity index (χ1) is 2.64. The molecule has 0 aliphatic rings. The Morgan fingerprint density at radius 2 is 1.86 bits per heavy atom. The monoisotopic (exact) mass is 93.0 g/mol. The summed E-state index contributed by atoms with van der Waals surface area (Å²) in [5.41, 5.74) is 0.287. The molecule has 0 heterocycles. The van der Waals surface area contributed by atoms with Gasteiger partial charge >= 0.3 is 0 Å². The van der Waals surface area contributed by atoms with Crippen molar-refractivity contribution in [2.75, 3.05) is 0 Å².